The number of hydrogen-bond donors (Lipinski definition) is 2. The monoisotopic (exact) mass is 554 g/mol. The first-order chi connectivity index (χ1) is 18.8. The van der Waals surface area contributed by atoms with Crippen LogP contribution in [0.25, 0.3) is 11.3 Å². The summed E-state index contributed by atoms with van der Waals surface area (Å²) in [6, 6.07) is 6.77. The van der Waals surface area contributed by atoms with Gasteiger partial charge in [-0.3, -0.25) is 4.79 Å². The number of aromatic amines is 1. The molecule has 2 atom stereocenters. The fourth-order valence-electron chi connectivity index (χ4n) is 5.35. The van der Waals surface area contributed by atoms with Crippen LogP contribution in [0.15, 0.2) is 30.5 Å². The summed E-state index contributed by atoms with van der Waals surface area (Å²) in [5.41, 5.74) is 1.86. The average molecular weight is 554 g/mol. The van der Waals surface area contributed by atoms with E-state index in [0.717, 1.165) is 16.7 Å². The first-order valence-electron chi connectivity index (χ1n) is 13.8. The van der Waals surface area contributed by atoms with Gasteiger partial charge in [-0.15, -0.1) is 0 Å². The number of alkyl carbamates (subject to hydrolysis) is 1. The highest BCUT2D eigenvalue weighted by atomic mass is 16.7. The van der Waals surface area contributed by atoms with Crippen molar-refractivity contribution >= 4 is 24.6 Å². The summed E-state index contributed by atoms with van der Waals surface area (Å²) in [6.45, 7) is 13.0. The van der Waals surface area contributed by atoms with Gasteiger partial charge in [-0.2, -0.15) is 0 Å². The molecule has 12 heteroatoms. The van der Waals surface area contributed by atoms with Gasteiger partial charge in [-0.25, -0.2) is 9.78 Å². The van der Waals surface area contributed by atoms with Gasteiger partial charge in [0.2, 0.25) is 5.91 Å². The van der Waals surface area contributed by atoms with Crippen molar-refractivity contribution in [2.45, 2.75) is 77.0 Å². The molecule has 40 heavy (non-hydrogen) atoms. The minimum atomic E-state index is -0.898. The minimum Gasteiger partial charge on any atom is -0.453 e. The SMILES string of the molecule is COC(=O)NC(C(=O)N1CC2(C[C@H]1c1ncc(-c3ccc(B4OC(C)(C)C(C)(C)O4)cc3)[nH]1)OCCO2)C(C)C. The van der Waals surface area contributed by atoms with Crippen molar-refractivity contribution < 1.29 is 33.1 Å². The molecule has 1 unspecified atom stereocenters. The normalized spacial score (nSPS) is 23.6. The Hall–Kier alpha value is -2.93. The highest BCUT2D eigenvalue weighted by Gasteiger charge is 2.53. The van der Waals surface area contributed by atoms with Gasteiger partial charge in [0.25, 0.3) is 0 Å². The molecule has 216 valence electrons. The van der Waals surface area contributed by atoms with Crippen LogP contribution >= 0.6 is 0 Å². The second-order valence-electron chi connectivity index (χ2n) is 12.0. The molecule has 4 heterocycles. The smallest absolute Gasteiger partial charge is 0.453 e. The second kappa shape index (κ2) is 10.5. The number of benzene rings is 1. The van der Waals surface area contributed by atoms with Crippen LogP contribution in [0.5, 0.6) is 0 Å². The van der Waals surface area contributed by atoms with E-state index in [1.807, 2.05) is 65.8 Å². The zero-order valence-corrected chi connectivity index (χ0v) is 24.3. The predicted octanol–water partition coefficient (Wildman–Crippen LogP) is 2.77. The summed E-state index contributed by atoms with van der Waals surface area (Å²) >= 11 is 0. The molecular formula is C28H39BN4O7. The minimum absolute atomic E-state index is 0.163. The lowest BCUT2D eigenvalue weighted by molar-refractivity contribution is -0.153. The quantitative estimate of drug-likeness (QED) is 0.523. The van der Waals surface area contributed by atoms with Crippen LogP contribution in [-0.2, 0) is 28.3 Å². The molecule has 5 rings (SSSR count). The molecule has 2 amide bonds. The first-order valence-corrected chi connectivity index (χ1v) is 13.8. The molecule has 2 N–H and O–H groups in total. The van der Waals surface area contributed by atoms with E-state index in [4.69, 9.17) is 23.5 Å². The molecule has 2 aromatic rings. The van der Waals surface area contributed by atoms with Crippen molar-refractivity contribution in [1.29, 1.82) is 0 Å². The van der Waals surface area contributed by atoms with Crippen molar-refractivity contribution in [2.24, 2.45) is 5.92 Å². The Morgan fingerprint density at radius 3 is 2.30 bits per heavy atom. The molecule has 0 bridgehead atoms. The van der Waals surface area contributed by atoms with E-state index in [9.17, 15) is 9.59 Å². The third kappa shape index (κ3) is 5.25. The van der Waals surface area contributed by atoms with Crippen LogP contribution in [-0.4, -0.2) is 83.9 Å². The Bertz CT molecular complexity index is 1220. The van der Waals surface area contributed by atoms with E-state index in [2.05, 4.69) is 15.3 Å². The van der Waals surface area contributed by atoms with E-state index in [-0.39, 0.29) is 18.4 Å². The van der Waals surface area contributed by atoms with E-state index in [1.165, 1.54) is 7.11 Å². The topological polar surface area (TPSA) is 124 Å². The van der Waals surface area contributed by atoms with Crippen LogP contribution in [0.4, 0.5) is 4.79 Å². The van der Waals surface area contributed by atoms with E-state index < -0.39 is 42.3 Å². The lowest BCUT2D eigenvalue weighted by Gasteiger charge is -2.32. The third-order valence-electron chi connectivity index (χ3n) is 8.44. The van der Waals surface area contributed by atoms with Crippen molar-refractivity contribution in [3.8, 4) is 11.3 Å². The molecule has 11 nitrogen and oxygen atoms in total. The zero-order chi connectivity index (χ0) is 28.9. The van der Waals surface area contributed by atoms with Crippen LogP contribution in [0, 0.1) is 5.92 Å². The van der Waals surface area contributed by atoms with Gasteiger partial charge in [-0.05, 0) is 44.6 Å². The van der Waals surface area contributed by atoms with E-state index in [1.54, 1.807) is 11.1 Å². The number of aromatic nitrogens is 2. The Labute approximate surface area is 235 Å². The van der Waals surface area contributed by atoms with Crippen molar-refractivity contribution in [3.05, 3.63) is 36.3 Å². The number of likely N-dealkylation sites (tertiary alicyclic amines) is 1. The maximum absolute atomic E-state index is 13.8. The highest BCUT2D eigenvalue weighted by Crippen LogP contribution is 2.42. The Morgan fingerprint density at radius 1 is 1.10 bits per heavy atom. The number of methoxy groups -OCH3 is 1. The molecule has 0 aliphatic carbocycles. The molecule has 0 saturated carbocycles. The first kappa shape index (κ1) is 28.6. The number of imidazole rings is 1. The van der Waals surface area contributed by atoms with Crippen molar-refractivity contribution in [3.63, 3.8) is 0 Å². The molecular weight excluding hydrogens is 515 g/mol. The number of ether oxygens (including phenoxy) is 3. The lowest BCUT2D eigenvalue weighted by atomic mass is 9.79. The molecule has 1 spiro atoms. The van der Waals surface area contributed by atoms with Crippen LogP contribution in [0.2, 0.25) is 0 Å². The van der Waals surface area contributed by atoms with Gasteiger partial charge in [0.15, 0.2) is 5.79 Å². The van der Waals surface area contributed by atoms with Crippen LogP contribution in [0.1, 0.15) is 59.8 Å². The number of carbonyl (C=O) groups excluding carboxylic acids is 2. The number of H-pyrrole nitrogens is 1. The van der Waals surface area contributed by atoms with Gasteiger partial charge in [0, 0.05) is 6.42 Å². The van der Waals surface area contributed by atoms with Crippen LogP contribution < -0.4 is 10.8 Å². The van der Waals surface area contributed by atoms with Gasteiger partial charge < -0.3 is 38.7 Å². The highest BCUT2D eigenvalue weighted by molar-refractivity contribution is 6.62. The molecule has 0 radical (unpaired) electrons. The largest absolute Gasteiger partial charge is 0.494 e. The number of rotatable bonds is 6. The summed E-state index contributed by atoms with van der Waals surface area (Å²) in [7, 11) is 0.835. The van der Waals surface area contributed by atoms with Gasteiger partial charge in [0.1, 0.15) is 11.9 Å². The summed E-state index contributed by atoms with van der Waals surface area (Å²) in [5, 5.41) is 2.68. The maximum Gasteiger partial charge on any atom is 0.494 e. The number of nitrogens with one attached hydrogen (secondary N) is 2. The van der Waals surface area contributed by atoms with Gasteiger partial charge in [0.05, 0.1) is 56.0 Å². The van der Waals surface area contributed by atoms with Crippen molar-refractivity contribution in [2.75, 3.05) is 26.9 Å². The van der Waals surface area contributed by atoms with Crippen LogP contribution in [0.3, 0.4) is 0 Å². The van der Waals surface area contributed by atoms with Gasteiger partial charge in [-0.1, -0.05) is 38.1 Å². The van der Waals surface area contributed by atoms with E-state index in [0.29, 0.717) is 25.5 Å². The summed E-state index contributed by atoms with van der Waals surface area (Å²) in [4.78, 5) is 35.5. The number of carbonyl (C=O) groups is 2. The van der Waals surface area contributed by atoms with Gasteiger partial charge >= 0.3 is 13.2 Å². The molecule has 3 aliphatic heterocycles. The number of amides is 2. The Balaban J connectivity index is 1.37. The second-order valence-corrected chi connectivity index (χ2v) is 12.0. The lowest BCUT2D eigenvalue weighted by Crippen LogP contribution is -2.52. The average Bonchev–Trinajstić information content (AvgIpc) is 3.69. The number of hydrogen-bond acceptors (Lipinski definition) is 8. The molecule has 3 saturated heterocycles. The fraction of sp³-hybridized carbons (Fsp3) is 0.607. The molecule has 3 aliphatic rings. The zero-order valence-electron chi connectivity index (χ0n) is 24.3. The predicted molar refractivity (Wildman–Crippen MR) is 148 cm³/mol. The maximum atomic E-state index is 13.8. The molecule has 1 aromatic heterocycles. The fourth-order valence-corrected chi connectivity index (χ4v) is 5.35. The summed E-state index contributed by atoms with van der Waals surface area (Å²) < 4.78 is 29.0. The standard InChI is InChI=1S/C28H39BN4O7/c1-17(2)22(32-25(35)36-7)24(34)33-16-28(37-12-13-38-28)14-21(33)23-30-15-20(31-23)18-8-10-19(11-9-18)29-39-26(3,4)27(5,6)40-29/h8-11,15,17,21-22H,12-14,16H2,1-7H3,(H,30,31)(H,32,35)/t21-,22?/m0/s1. The number of nitrogens with zero attached hydrogens (tertiary/aromatic N) is 2. The molecule has 3 fully saturated rings. The Kier molecular flexibility index (Phi) is 7.49. The van der Waals surface area contributed by atoms with Crippen molar-refractivity contribution in [1.82, 2.24) is 20.2 Å². The third-order valence-corrected chi connectivity index (χ3v) is 8.44. The summed E-state index contributed by atoms with van der Waals surface area (Å²) in [5.74, 6) is -0.685. The summed E-state index contributed by atoms with van der Waals surface area (Å²) in [6.07, 6.45) is 1.53. The van der Waals surface area contributed by atoms with E-state index >= 15 is 0 Å². The molecule has 1 aromatic carbocycles. The Morgan fingerprint density at radius 2 is 1.73 bits per heavy atom.